The Bertz CT molecular complexity index is 1290. The van der Waals surface area contributed by atoms with Crippen molar-refractivity contribution in [3.05, 3.63) is 93.2 Å². The fourth-order valence-corrected chi connectivity index (χ4v) is 2.99. The van der Waals surface area contributed by atoms with E-state index in [0.29, 0.717) is 12.1 Å². The molecule has 8 nitrogen and oxygen atoms in total. The van der Waals surface area contributed by atoms with Gasteiger partial charge in [0.05, 0.1) is 18.0 Å². The fraction of sp³-hybridized carbons (Fsp3) is 0.143. The van der Waals surface area contributed by atoms with Crippen molar-refractivity contribution in [2.75, 3.05) is 0 Å². The van der Waals surface area contributed by atoms with Crippen molar-refractivity contribution in [3.8, 4) is 5.75 Å². The number of pyridine rings is 2. The Balaban J connectivity index is 2.00. The largest absolute Gasteiger partial charge is 0.573 e. The van der Waals surface area contributed by atoms with Crippen LogP contribution in [-0.2, 0) is 11.2 Å². The van der Waals surface area contributed by atoms with E-state index in [1.165, 1.54) is 12.3 Å². The van der Waals surface area contributed by atoms with E-state index < -0.39 is 53.6 Å². The molecule has 1 amide bonds. The standard InChI is InChI=1S/C21H14F5N3O5/c22-13-2-1-5-27-18(13)17(10-3-4-15(14(23)7-10)34-21(24,25)26)29-20(33)12-6-11(8-16(30)31)19(32)28-9-12/h1-7,9,17H,8H2,(H,28,32)(H,29,33)(H,30,31). The monoisotopic (exact) mass is 483 g/mol. The highest BCUT2D eigenvalue weighted by molar-refractivity contribution is 5.94. The predicted molar refractivity (Wildman–Crippen MR) is 105 cm³/mol. The third-order valence-electron chi connectivity index (χ3n) is 4.43. The Morgan fingerprint density at radius 3 is 2.50 bits per heavy atom. The predicted octanol–water partition coefficient (Wildman–Crippen LogP) is 3.09. The maximum Gasteiger partial charge on any atom is 0.573 e. The summed E-state index contributed by atoms with van der Waals surface area (Å²) in [7, 11) is 0. The number of aromatic amines is 1. The third kappa shape index (κ3) is 5.94. The first-order valence-electron chi connectivity index (χ1n) is 9.34. The molecule has 1 atom stereocenters. The minimum absolute atomic E-state index is 0.173. The first-order chi connectivity index (χ1) is 15.9. The lowest BCUT2D eigenvalue weighted by molar-refractivity contribution is -0.275. The van der Waals surface area contributed by atoms with Gasteiger partial charge in [0.1, 0.15) is 11.5 Å². The van der Waals surface area contributed by atoms with Crippen LogP contribution in [0.3, 0.4) is 0 Å². The zero-order chi connectivity index (χ0) is 25.0. The summed E-state index contributed by atoms with van der Waals surface area (Å²) in [6.45, 7) is 0. The number of carbonyl (C=O) groups excluding carboxylic acids is 1. The molecule has 3 aromatic rings. The van der Waals surface area contributed by atoms with Gasteiger partial charge in [-0.2, -0.15) is 0 Å². The van der Waals surface area contributed by atoms with Gasteiger partial charge in [-0.1, -0.05) is 6.07 Å². The molecule has 0 bridgehead atoms. The van der Waals surface area contributed by atoms with Crippen LogP contribution in [0.25, 0.3) is 0 Å². The molecule has 3 N–H and O–H groups in total. The van der Waals surface area contributed by atoms with Crippen molar-refractivity contribution in [2.45, 2.75) is 18.8 Å². The second kappa shape index (κ2) is 9.68. The molecule has 2 aromatic heterocycles. The summed E-state index contributed by atoms with van der Waals surface area (Å²) in [5.41, 5.74) is -1.74. The average Bonchev–Trinajstić information content (AvgIpc) is 2.74. The lowest BCUT2D eigenvalue weighted by atomic mass is 10.0. The topological polar surface area (TPSA) is 121 Å². The van der Waals surface area contributed by atoms with Crippen molar-refractivity contribution < 1.29 is 41.4 Å². The SMILES string of the molecule is O=C(O)Cc1cc(C(=O)NC(c2ccc(OC(F)(F)F)c(F)c2)c2ncccc2F)c[nH]c1=O. The molecule has 34 heavy (non-hydrogen) atoms. The highest BCUT2D eigenvalue weighted by atomic mass is 19.4. The van der Waals surface area contributed by atoms with Gasteiger partial charge in [0.2, 0.25) is 0 Å². The van der Waals surface area contributed by atoms with E-state index >= 15 is 0 Å². The van der Waals surface area contributed by atoms with Gasteiger partial charge in [-0.25, -0.2) is 8.78 Å². The van der Waals surface area contributed by atoms with E-state index in [1.54, 1.807) is 0 Å². The summed E-state index contributed by atoms with van der Waals surface area (Å²) >= 11 is 0. The number of nitrogens with one attached hydrogen (secondary N) is 2. The molecule has 0 aliphatic heterocycles. The number of rotatable bonds is 7. The zero-order valence-electron chi connectivity index (χ0n) is 16.8. The summed E-state index contributed by atoms with van der Waals surface area (Å²) in [6.07, 6.45) is -3.67. The maximum absolute atomic E-state index is 14.4. The number of H-pyrrole nitrogens is 1. The smallest absolute Gasteiger partial charge is 0.481 e. The minimum Gasteiger partial charge on any atom is -0.481 e. The van der Waals surface area contributed by atoms with Crippen LogP contribution in [0.2, 0.25) is 0 Å². The minimum atomic E-state index is -5.15. The molecule has 0 aliphatic rings. The van der Waals surface area contributed by atoms with Gasteiger partial charge in [0, 0.05) is 18.0 Å². The lowest BCUT2D eigenvalue weighted by Crippen LogP contribution is -2.31. The number of benzene rings is 1. The Kier molecular flexibility index (Phi) is 6.94. The lowest BCUT2D eigenvalue weighted by Gasteiger charge is -2.20. The van der Waals surface area contributed by atoms with Crippen molar-refractivity contribution in [1.82, 2.24) is 15.3 Å². The molecule has 0 saturated heterocycles. The first-order valence-corrected chi connectivity index (χ1v) is 9.34. The van der Waals surface area contributed by atoms with Gasteiger partial charge in [-0.05, 0) is 35.9 Å². The van der Waals surface area contributed by atoms with Crippen molar-refractivity contribution in [1.29, 1.82) is 0 Å². The summed E-state index contributed by atoms with van der Waals surface area (Å²) in [5, 5.41) is 11.3. The van der Waals surface area contributed by atoms with E-state index in [2.05, 4.69) is 20.0 Å². The van der Waals surface area contributed by atoms with Crippen LogP contribution in [0.4, 0.5) is 22.0 Å². The molecule has 0 radical (unpaired) electrons. The van der Waals surface area contributed by atoms with E-state index in [1.807, 2.05) is 0 Å². The maximum atomic E-state index is 14.4. The molecule has 0 aliphatic carbocycles. The number of hydrogen-bond donors (Lipinski definition) is 3. The van der Waals surface area contributed by atoms with Crippen LogP contribution >= 0.6 is 0 Å². The molecule has 0 fully saturated rings. The van der Waals surface area contributed by atoms with Gasteiger partial charge in [-0.15, -0.1) is 13.2 Å². The number of aliphatic carboxylic acids is 1. The van der Waals surface area contributed by atoms with Gasteiger partial charge < -0.3 is 20.1 Å². The Morgan fingerprint density at radius 1 is 1.15 bits per heavy atom. The van der Waals surface area contributed by atoms with E-state index in [-0.39, 0.29) is 22.4 Å². The Hall–Kier alpha value is -4.29. The molecule has 178 valence electrons. The van der Waals surface area contributed by atoms with E-state index in [0.717, 1.165) is 24.4 Å². The van der Waals surface area contributed by atoms with Crippen molar-refractivity contribution in [3.63, 3.8) is 0 Å². The fourth-order valence-electron chi connectivity index (χ4n) is 2.99. The van der Waals surface area contributed by atoms with Crippen LogP contribution in [-0.4, -0.2) is 33.3 Å². The molecule has 0 saturated carbocycles. The Labute approximate surface area is 187 Å². The Morgan fingerprint density at radius 2 is 1.88 bits per heavy atom. The number of carboxylic acid groups (broad SMARTS) is 1. The second-order valence-corrected chi connectivity index (χ2v) is 6.83. The second-order valence-electron chi connectivity index (χ2n) is 6.83. The van der Waals surface area contributed by atoms with Crippen molar-refractivity contribution in [2.24, 2.45) is 0 Å². The number of ether oxygens (including phenoxy) is 1. The number of alkyl halides is 3. The zero-order valence-corrected chi connectivity index (χ0v) is 16.8. The quantitative estimate of drug-likeness (QED) is 0.444. The van der Waals surface area contributed by atoms with Crippen LogP contribution < -0.4 is 15.6 Å². The van der Waals surface area contributed by atoms with Gasteiger partial charge >= 0.3 is 12.3 Å². The van der Waals surface area contributed by atoms with Gasteiger partial charge in [0.25, 0.3) is 11.5 Å². The summed E-state index contributed by atoms with van der Waals surface area (Å²) in [6, 6.07) is 4.04. The molecule has 13 heteroatoms. The normalized spacial score (nSPS) is 12.1. The molecular formula is C21H14F5N3O5. The molecular weight excluding hydrogens is 469 g/mol. The van der Waals surface area contributed by atoms with E-state index in [9.17, 15) is 36.3 Å². The molecule has 1 unspecified atom stereocenters. The number of amides is 1. The molecule has 1 aromatic carbocycles. The highest BCUT2D eigenvalue weighted by Gasteiger charge is 2.33. The molecule has 0 spiro atoms. The van der Waals surface area contributed by atoms with Crippen LogP contribution in [0, 0.1) is 11.6 Å². The number of carbonyl (C=O) groups is 2. The van der Waals surface area contributed by atoms with Crippen molar-refractivity contribution >= 4 is 11.9 Å². The number of aromatic nitrogens is 2. The number of halogens is 5. The number of hydrogen-bond acceptors (Lipinski definition) is 5. The first kappa shape index (κ1) is 24.4. The summed E-state index contributed by atoms with van der Waals surface area (Å²) in [4.78, 5) is 41.5. The average molecular weight is 483 g/mol. The van der Waals surface area contributed by atoms with Gasteiger partial charge in [-0.3, -0.25) is 19.4 Å². The van der Waals surface area contributed by atoms with E-state index in [4.69, 9.17) is 5.11 Å². The molecule has 2 heterocycles. The highest BCUT2D eigenvalue weighted by Crippen LogP contribution is 2.30. The third-order valence-corrected chi connectivity index (χ3v) is 4.43. The van der Waals surface area contributed by atoms with Crippen LogP contribution in [0.15, 0.2) is 53.6 Å². The number of nitrogens with zero attached hydrogens (tertiary/aromatic N) is 1. The molecule has 3 rings (SSSR count). The summed E-state index contributed by atoms with van der Waals surface area (Å²) < 4.78 is 69.6. The van der Waals surface area contributed by atoms with Crippen LogP contribution in [0.5, 0.6) is 5.75 Å². The number of carboxylic acids is 1. The van der Waals surface area contributed by atoms with Gasteiger partial charge in [0.15, 0.2) is 11.6 Å². The van der Waals surface area contributed by atoms with Crippen LogP contribution in [0.1, 0.15) is 33.2 Å². The summed E-state index contributed by atoms with van der Waals surface area (Å²) in [5.74, 6) is -5.74.